The van der Waals surface area contributed by atoms with Crippen molar-refractivity contribution in [2.45, 2.75) is 30.8 Å². The molecule has 0 spiro atoms. The van der Waals surface area contributed by atoms with Gasteiger partial charge in [-0.25, -0.2) is 4.79 Å². The minimum absolute atomic E-state index is 0.106. The molecular formula is C9H17F3N2O2S. The van der Waals surface area contributed by atoms with Gasteiger partial charge in [0, 0.05) is 17.8 Å². The lowest BCUT2D eigenvalue weighted by Crippen LogP contribution is -2.46. The van der Waals surface area contributed by atoms with E-state index in [0.29, 0.717) is 0 Å². The van der Waals surface area contributed by atoms with E-state index in [1.165, 1.54) is 11.8 Å². The van der Waals surface area contributed by atoms with E-state index in [0.717, 1.165) is 0 Å². The summed E-state index contributed by atoms with van der Waals surface area (Å²) >= 11 is 1.38. The Morgan fingerprint density at radius 1 is 1.47 bits per heavy atom. The Kier molecular flexibility index (Phi) is 7.37. The van der Waals surface area contributed by atoms with E-state index in [9.17, 15) is 18.0 Å². The number of carbonyl (C=O) groups excluding carboxylic acids is 1. The van der Waals surface area contributed by atoms with Crippen LogP contribution in [0.2, 0.25) is 0 Å². The molecule has 102 valence electrons. The number of aliphatic hydroxyl groups excluding tert-OH is 1. The Morgan fingerprint density at radius 2 is 2.06 bits per heavy atom. The van der Waals surface area contributed by atoms with E-state index in [4.69, 9.17) is 5.11 Å². The summed E-state index contributed by atoms with van der Waals surface area (Å²) in [4.78, 5) is 11.2. The molecule has 0 radical (unpaired) electrons. The summed E-state index contributed by atoms with van der Waals surface area (Å²) in [5.41, 5.74) is 0. The van der Waals surface area contributed by atoms with Crippen LogP contribution < -0.4 is 10.6 Å². The molecule has 3 N–H and O–H groups in total. The number of amides is 2. The Morgan fingerprint density at radius 3 is 2.47 bits per heavy atom. The van der Waals surface area contributed by atoms with Crippen LogP contribution in [0, 0.1) is 0 Å². The van der Waals surface area contributed by atoms with Gasteiger partial charge in [-0.3, -0.25) is 0 Å². The Bertz CT molecular complexity index is 235. The molecule has 0 aliphatic heterocycles. The number of rotatable bonds is 6. The summed E-state index contributed by atoms with van der Waals surface area (Å²) in [5.74, 6) is 0. The maximum atomic E-state index is 11.8. The molecule has 0 aromatic carbocycles. The molecule has 2 atom stereocenters. The number of thioether (sulfide) groups is 1. The van der Waals surface area contributed by atoms with Crippen LogP contribution in [0.3, 0.4) is 0 Å². The van der Waals surface area contributed by atoms with E-state index in [-0.39, 0.29) is 17.9 Å². The van der Waals surface area contributed by atoms with Crippen LogP contribution in [-0.4, -0.2) is 48.0 Å². The number of urea groups is 1. The first-order valence-electron chi connectivity index (χ1n) is 5.05. The van der Waals surface area contributed by atoms with E-state index in [1.54, 1.807) is 13.2 Å². The number of hydrogen-bond acceptors (Lipinski definition) is 3. The largest absolute Gasteiger partial charge is 0.395 e. The second-order valence-corrected chi connectivity index (χ2v) is 4.59. The molecule has 0 aliphatic rings. The van der Waals surface area contributed by atoms with Gasteiger partial charge in [0.15, 0.2) is 0 Å². The quantitative estimate of drug-likeness (QED) is 0.685. The lowest BCUT2D eigenvalue weighted by Gasteiger charge is -2.21. The van der Waals surface area contributed by atoms with Crippen molar-refractivity contribution in [2.24, 2.45) is 0 Å². The zero-order chi connectivity index (χ0) is 13.5. The van der Waals surface area contributed by atoms with Crippen molar-refractivity contribution in [1.82, 2.24) is 10.6 Å². The second-order valence-electron chi connectivity index (χ2n) is 3.51. The lowest BCUT2D eigenvalue weighted by atomic mass is 10.2. The minimum atomic E-state index is -4.27. The monoisotopic (exact) mass is 274 g/mol. The normalized spacial score (nSPS) is 15.2. The van der Waals surface area contributed by atoms with Gasteiger partial charge in [0.2, 0.25) is 0 Å². The van der Waals surface area contributed by atoms with Gasteiger partial charge in [0.25, 0.3) is 0 Å². The second kappa shape index (κ2) is 7.65. The van der Waals surface area contributed by atoms with Gasteiger partial charge < -0.3 is 15.7 Å². The number of carbonyl (C=O) groups is 1. The van der Waals surface area contributed by atoms with Gasteiger partial charge in [-0.05, 0) is 13.2 Å². The first-order chi connectivity index (χ1) is 7.80. The van der Waals surface area contributed by atoms with Gasteiger partial charge in [0.05, 0.1) is 13.0 Å². The van der Waals surface area contributed by atoms with E-state index < -0.39 is 25.2 Å². The highest BCUT2D eigenvalue weighted by atomic mass is 32.2. The first-order valence-corrected chi connectivity index (χ1v) is 6.33. The predicted molar refractivity (Wildman–Crippen MR) is 61.1 cm³/mol. The molecule has 0 aromatic rings. The minimum Gasteiger partial charge on any atom is -0.395 e. The maximum absolute atomic E-state index is 11.8. The molecule has 0 bridgehead atoms. The van der Waals surface area contributed by atoms with Crippen LogP contribution >= 0.6 is 11.8 Å². The molecule has 0 aromatic heterocycles. The van der Waals surface area contributed by atoms with Crippen molar-refractivity contribution in [3.8, 4) is 0 Å². The smallest absolute Gasteiger partial charge is 0.390 e. The molecule has 0 heterocycles. The summed E-state index contributed by atoms with van der Waals surface area (Å²) in [6.45, 7) is 1.12. The maximum Gasteiger partial charge on any atom is 0.390 e. The number of halogens is 3. The lowest BCUT2D eigenvalue weighted by molar-refractivity contribution is -0.132. The molecule has 0 saturated carbocycles. The highest BCUT2D eigenvalue weighted by Crippen LogP contribution is 2.18. The van der Waals surface area contributed by atoms with Crippen molar-refractivity contribution in [3.63, 3.8) is 0 Å². The van der Waals surface area contributed by atoms with Gasteiger partial charge >= 0.3 is 12.2 Å². The third-order valence-corrected chi connectivity index (χ3v) is 3.26. The standard InChI is InChI=1S/C9H17F3N2O2S/c1-6(7(5-15)17-2)14-8(16)13-4-3-9(10,11)12/h6-7,15H,3-5H2,1-2H3,(H2,13,14,16). The van der Waals surface area contributed by atoms with Crippen LogP contribution in [0.4, 0.5) is 18.0 Å². The summed E-state index contributed by atoms with van der Waals surface area (Å²) < 4.78 is 35.4. The molecule has 0 fully saturated rings. The molecule has 17 heavy (non-hydrogen) atoms. The third kappa shape index (κ3) is 8.14. The zero-order valence-electron chi connectivity index (χ0n) is 9.67. The number of nitrogens with one attached hydrogen (secondary N) is 2. The summed E-state index contributed by atoms with van der Waals surface area (Å²) in [7, 11) is 0. The molecule has 4 nitrogen and oxygen atoms in total. The molecule has 0 saturated heterocycles. The number of aliphatic hydroxyl groups is 1. The van der Waals surface area contributed by atoms with Crippen LogP contribution in [0.15, 0.2) is 0 Å². The average Bonchev–Trinajstić information content (AvgIpc) is 2.17. The van der Waals surface area contributed by atoms with Crippen LogP contribution in [0.25, 0.3) is 0 Å². The van der Waals surface area contributed by atoms with Gasteiger partial charge in [0.1, 0.15) is 0 Å². The fourth-order valence-corrected chi connectivity index (χ4v) is 1.73. The van der Waals surface area contributed by atoms with E-state index in [1.807, 2.05) is 0 Å². The SMILES string of the molecule is CSC(CO)C(C)NC(=O)NCCC(F)(F)F. The zero-order valence-corrected chi connectivity index (χ0v) is 10.5. The number of alkyl halides is 3. The van der Waals surface area contributed by atoms with Crippen molar-refractivity contribution in [2.75, 3.05) is 19.4 Å². The third-order valence-electron chi connectivity index (χ3n) is 2.09. The Hall–Kier alpha value is -0.630. The van der Waals surface area contributed by atoms with Crippen molar-refractivity contribution >= 4 is 17.8 Å². The van der Waals surface area contributed by atoms with E-state index in [2.05, 4.69) is 10.6 Å². The summed E-state index contributed by atoms with van der Waals surface area (Å²) in [6.07, 6.45) is -3.55. The highest BCUT2D eigenvalue weighted by molar-refractivity contribution is 7.99. The average molecular weight is 274 g/mol. The van der Waals surface area contributed by atoms with Crippen LogP contribution in [-0.2, 0) is 0 Å². The Labute approximate surface area is 102 Å². The highest BCUT2D eigenvalue weighted by Gasteiger charge is 2.26. The van der Waals surface area contributed by atoms with Gasteiger partial charge in [-0.15, -0.1) is 0 Å². The predicted octanol–water partition coefficient (Wildman–Crippen LogP) is 1.35. The number of hydrogen-bond donors (Lipinski definition) is 3. The molecule has 8 heteroatoms. The van der Waals surface area contributed by atoms with Crippen molar-refractivity contribution in [1.29, 1.82) is 0 Å². The van der Waals surface area contributed by atoms with E-state index >= 15 is 0 Å². The van der Waals surface area contributed by atoms with Gasteiger partial charge in [-0.2, -0.15) is 24.9 Å². The fourth-order valence-electron chi connectivity index (χ4n) is 1.11. The summed E-state index contributed by atoms with van der Waals surface area (Å²) in [6, 6.07) is -0.977. The van der Waals surface area contributed by atoms with Crippen molar-refractivity contribution in [3.05, 3.63) is 0 Å². The topological polar surface area (TPSA) is 61.4 Å². The molecule has 0 rings (SSSR count). The summed E-state index contributed by atoms with van der Waals surface area (Å²) in [5, 5.41) is 13.4. The fraction of sp³-hybridized carbons (Fsp3) is 0.889. The first kappa shape index (κ1) is 16.4. The Balaban J connectivity index is 3.86. The van der Waals surface area contributed by atoms with Crippen molar-refractivity contribution < 1.29 is 23.1 Å². The van der Waals surface area contributed by atoms with Gasteiger partial charge in [-0.1, -0.05) is 0 Å². The molecular weight excluding hydrogens is 257 g/mol. The van der Waals surface area contributed by atoms with Crippen LogP contribution in [0.1, 0.15) is 13.3 Å². The molecule has 2 unspecified atom stereocenters. The molecule has 2 amide bonds. The van der Waals surface area contributed by atoms with Crippen LogP contribution in [0.5, 0.6) is 0 Å². The molecule has 0 aliphatic carbocycles.